The van der Waals surface area contributed by atoms with Crippen molar-refractivity contribution in [3.8, 4) is 0 Å². The van der Waals surface area contributed by atoms with Crippen LogP contribution in [-0.2, 0) is 4.79 Å². The van der Waals surface area contributed by atoms with Gasteiger partial charge in [0, 0.05) is 16.7 Å². The van der Waals surface area contributed by atoms with Crippen LogP contribution in [0.15, 0.2) is 22.8 Å². The first kappa shape index (κ1) is 14.4. The zero-order chi connectivity index (χ0) is 13.7. The van der Waals surface area contributed by atoms with E-state index in [2.05, 4.69) is 36.4 Å². The van der Waals surface area contributed by atoms with E-state index in [0.717, 1.165) is 30.4 Å². The number of carbonyl (C=O) groups excluding carboxylic acids is 1. The quantitative estimate of drug-likeness (QED) is 0.879. The van der Waals surface area contributed by atoms with Gasteiger partial charge in [0.05, 0.1) is 6.54 Å². The van der Waals surface area contributed by atoms with Gasteiger partial charge in [-0.1, -0.05) is 0 Å². The van der Waals surface area contributed by atoms with Crippen LogP contribution in [0, 0.1) is 0 Å². The predicted octanol–water partition coefficient (Wildman–Crippen LogP) is 1.47. The van der Waals surface area contributed by atoms with Crippen molar-refractivity contribution in [2.45, 2.75) is 18.9 Å². The van der Waals surface area contributed by atoms with Gasteiger partial charge >= 0.3 is 0 Å². The number of likely N-dealkylation sites (N-methyl/N-ethyl adjacent to an activating group) is 1. The Bertz CT molecular complexity index is 417. The van der Waals surface area contributed by atoms with Crippen molar-refractivity contribution in [3.63, 3.8) is 0 Å². The van der Waals surface area contributed by atoms with E-state index in [1.807, 2.05) is 13.1 Å². The summed E-state index contributed by atoms with van der Waals surface area (Å²) < 4.78 is 0.900. The number of amides is 1. The number of rotatable bonds is 4. The fraction of sp³-hybridized carbons (Fsp3) is 0.538. The van der Waals surface area contributed by atoms with E-state index in [1.54, 1.807) is 12.3 Å². The summed E-state index contributed by atoms with van der Waals surface area (Å²) in [5.74, 6) is 0.572. The summed E-state index contributed by atoms with van der Waals surface area (Å²) >= 11 is 3.31. The average Bonchev–Trinajstić information content (AvgIpc) is 2.42. The largest absolute Gasteiger partial charge is 0.317 e. The topological polar surface area (TPSA) is 57.3 Å². The maximum atomic E-state index is 11.9. The first-order valence-electron chi connectivity index (χ1n) is 6.47. The molecular formula is C13H19BrN4O. The average molecular weight is 327 g/mol. The highest BCUT2D eigenvalue weighted by atomic mass is 79.9. The Labute approximate surface area is 121 Å². The van der Waals surface area contributed by atoms with Gasteiger partial charge in [0.25, 0.3) is 0 Å². The van der Waals surface area contributed by atoms with Crippen LogP contribution in [0.2, 0.25) is 0 Å². The van der Waals surface area contributed by atoms with Crippen LogP contribution in [0.4, 0.5) is 5.82 Å². The van der Waals surface area contributed by atoms with Crippen molar-refractivity contribution < 1.29 is 4.79 Å². The zero-order valence-electron chi connectivity index (χ0n) is 11.0. The second-order valence-corrected chi connectivity index (χ2v) is 5.72. The molecule has 1 aromatic rings. The molecule has 0 bridgehead atoms. The van der Waals surface area contributed by atoms with E-state index in [-0.39, 0.29) is 5.91 Å². The van der Waals surface area contributed by atoms with E-state index < -0.39 is 0 Å². The fourth-order valence-electron chi connectivity index (χ4n) is 2.24. The molecule has 19 heavy (non-hydrogen) atoms. The molecule has 104 valence electrons. The maximum Gasteiger partial charge on any atom is 0.239 e. The third-order valence-electron chi connectivity index (χ3n) is 3.32. The Balaban J connectivity index is 1.81. The van der Waals surface area contributed by atoms with Gasteiger partial charge in [-0.2, -0.15) is 0 Å². The SMILES string of the molecule is CN(CC(=O)Nc1ccc(Br)cn1)C1CCNCC1. The number of aromatic nitrogens is 1. The predicted molar refractivity (Wildman–Crippen MR) is 79.1 cm³/mol. The molecule has 0 radical (unpaired) electrons. The lowest BCUT2D eigenvalue weighted by molar-refractivity contribution is -0.117. The molecule has 1 aliphatic rings. The highest BCUT2D eigenvalue weighted by Crippen LogP contribution is 2.12. The lowest BCUT2D eigenvalue weighted by Crippen LogP contribution is -2.44. The van der Waals surface area contributed by atoms with E-state index >= 15 is 0 Å². The van der Waals surface area contributed by atoms with E-state index in [4.69, 9.17) is 0 Å². The van der Waals surface area contributed by atoms with E-state index in [1.165, 1.54) is 0 Å². The normalized spacial score (nSPS) is 16.6. The molecule has 2 N–H and O–H groups in total. The Hall–Kier alpha value is -0.980. The van der Waals surface area contributed by atoms with Crippen molar-refractivity contribution in [1.29, 1.82) is 0 Å². The fourth-order valence-corrected chi connectivity index (χ4v) is 2.47. The number of halogens is 1. The Morgan fingerprint density at radius 2 is 2.26 bits per heavy atom. The highest BCUT2D eigenvalue weighted by molar-refractivity contribution is 9.10. The van der Waals surface area contributed by atoms with E-state index in [0.29, 0.717) is 18.4 Å². The van der Waals surface area contributed by atoms with Gasteiger partial charge in [0.2, 0.25) is 5.91 Å². The molecule has 5 nitrogen and oxygen atoms in total. The molecule has 2 heterocycles. The van der Waals surface area contributed by atoms with Crippen LogP contribution in [-0.4, -0.2) is 48.5 Å². The van der Waals surface area contributed by atoms with Crippen molar-refractivity contribution in [1.82, 2.24) is 15.2 Å². The van der Waals surface area contributed by atoms with Gasteiger partial charge in [-0.3, -0.25) is 9.69 Å². The molecule has 2 rings (SSSR count). The van der Waals surface area contributed by atoms with Gasteiger partial charge < -0.3 is 10.6 Å². The lowest BCUT2D eigenvalue weighted by Gasteiger charge is -2.30. The van der Waals surface area contributed by atoms with Crippen molar-refractivity contribution >= 4 is 27.7 Å². The van der Waals surface area contributed by atoms with Crippen LogP contribution in [0.1, 0.15) is 12.8 Å². The minimum atomic E-state index is -0.0177. The summed E-state index contributed by atoms with van der Waals surface area (Å²) in [7, 11) is 2.00. The third kappa shape index (κ3) is 4.56. The number of anilines is 1. The molecule has 1 saturated heterocycles. The van der Waals surface area contributed by atoms with Crippen molar-refractivity contribution in [3.05, 3.63) is 22.8 Å². The molecule has 0 aliphatic carbocycles. The van der Waals surface area contributed by atoms with Gasteiger partial charge in [0.1, 0.15) is 5.82 Å². The molecule has 0 atom stereocenters. The standard InChI is InChI=1S/C13H19BrN4O/c1-18(11-4-6-15-7-5-11)9-13(19)17-12-3-2-10(14)8-16-12/h2-3,8,11,15H,4-7,9H2,1H3,(H,16,17,19). The summed E-state index contributed by atoms with van der Waals surface area (Å²) in [5, 5.41) is 6.14. The van der Waals surface area contributed by atoms with Gasteiger partial charge in [-0.25, -0.2) is 4.98 Å². The number of hydrogen-bond acceptors (Lipinski definition) is 4. The molecule has 1 fully saturated rings. The number of nitrogens with zero attached hydrogens (tertiary/aromatic N) is 2. The summed E-state index contributed by atoms with van der Waals surface area (Å²) in [5.41, 5.74) is 0. The van der Waals surface area contributed by atoms with Crippen LogP contribution in [0.3, 0.4) is 0 Å². The molecule has 0 unspecified atom stereocenters. The maximum absolute atomic E-state index is 11.9. The van der Waals surface area contributed by atoms with Crippen molar-refractivity contribution in [2.24, 2.45) is 0 Å². The highest BCUT2D eigenvalue weighted by Gasteiger charge is 2.19. The zero-order valence-corrected chi connectivity index (χ0v) is 12.6. The van der Waals surface area contributed by atoms with Crippen LogP contribution >= 0.6 is 15.9 Å². The first-order chi connectivity index (χ1) is 9.15. The van der Waals surface area contributed by atoms with Crippen LogP contribution in [0.25, 0.3) is 0 Å². The van der Waals surface area contributed by atoms with Gasteiger partial charge in [-0.05, 0) is 61.0 Å². The van der Waals surface area contributed by atoms with E-state index in [9.17, 15) is 4.79 Å². The van der Waals surface area contributed by atoms with Gasteiger partial charge in [-0.15, -0.1) is 0 Å². The van der Waals surface area contributed by atoms with Gasteiger partial charge in [0.15, 0.2) is 0 Å². The minimum Gasteiger partial charge on any atom is -0.317 e. The smallest absolute Gasteiger partial charge is 0.239 e. The minimum absolute atomic E-state index is 0.0177. The lowest BCUT2D eigenvalue weighted by atomic mass is 10.1. The molecular weight excluding hydrogens is 308 g/mol. The number of carbonyl (C=O) groups is 1. The Kier molecular flexibility index (Phi) is 5.30. The summed E-state index contributed by atoms with van der Waals surface area (Å²) in [4.78, 5) is 18.2. The molecule has 0 spiro atoms. The van der Waals surface area contributed by atoms with Crippen LogP contribution in [0.5, 0.6) is 0 Å². The molecule has 0 saturated carbocycles. The third-order valence-corrected chi connectivity index (χ3v) is 3.79. The van der Waals surface area contributed by atoms with Crippen molar-refractivity contribution in [2.75, 3.05) is 32.0 Å². The Morgan fingerprint density at radius 1 is 1.53 bits per heavy atom. The number of piperidine rings is 1. The molecule has 6 heteroatoms. The summed E-state index contributed by atoms with van der Waals surface area (Å²) in [6.07, 6.45) is 3.87. The number of pyridine rings is 1. The Morgan fingerprint density at radius 3 is 2.89 bits per heavy atom. The molecule has 1 amide bonds. The summed E-state index contributed by atoms with van der Waals surface area (Å²) in [6, 6.07) is 4.14. The molecule has 1 aliphatic heterocycles. The second kappa shape index (κ2) is 6.98. The monoisotopic (exact) mass is 326 g/mol. The first-order valence-corrected chi connectivity index (χ1v) is 7.27. The molecule has 1 aromatic heterocycles. The summed E-state index contributed by atoms with van der Waals surface area (Å²) in [6.45, 7) is 2.47. The second-order valence-electron chi connectivity index (χ2n) is 4.81. The van der Waals surface area contributed by atoms with Crippen LogP contribution < -0.4 is 10.6 Å². The molecule has 0 aromatic carbocycles. The number of hydrogen-bond donors (Lipinski definition) is 2. The number of nitrogens with one attached hydrogen (secondary N) is 2.